The average molecular weight is 366 g/mol. The molecule has 0 N–H and O–H groups in total. The highest BCUT2D eigenvalue weighted by atomic mass is 32.2. The minimum absolute atomic E-state index is 0.299. The molecule has 2 heterocycles. The van der Waals surface area contributed by atoms with E-state index in [1.165, 1.54) is 14.0 Å². The molecule has 1 aromatic heterocycles. The highest BCUT2D eigenvalue weighted by Crippen LogP contribution is 2.34. The number of imide groups is 1. The van der Waals surface area contributed by atoms with E-state index in [4.69, 9.17) is 4.74 Å². The summed E-state index contributed by atoms with van der Waals surface area (Å²) in [6, 6.07) is 1.01. The third-order valence-corrected chi connectivity index (χ3v) is 5.06. The van der Waals surface area contributed by atoms with Crippen LogP contribution >= 0.6 is 11.8 Å². The lowest BCUT2D eigenvalue weighted by Crippen LogP contribution is -2.42. The summed E-state index contributed by atoms with van der Waals surface area (Å²) in [4.78, 5) is 37.6. The van der Waals surface area contributed by atoms with Crippen molar-refractivity contribution in [2.75, 3.05) is 20.8 Å². The van der Waals surface area contributed by atoms with Crippen LogP contribution in [0.5, 0.6) is 0 Å². The van der Waals surface area contributed by atoms with Crippen molar-refractivity contribution >= 4 is 35.0 Å². The second-order valence-electron chi connectivity index (χ2n) is 5.72. The van der Waals surface area contributed by atoms with Crippen molar-refractivity contribution in [2.24, 2.45) is 0 Å². The Bertz CT molecular complexity index is 738. The van der Waals surface area contributed by atoms with Crippen LogP contribution in [0.2, 0.25) is 0 Å². The van der Waals surface area contributed by atoms with Crippen LogP contribution in [-0.2, 0) is 25.6 Å². The molecule has 0 unspecified atom stereocenters. The molecule has 8 heteroatoms. The average Bonchev–Trinajstić information content (AvgIpc) is 3.00. The van der Waals surface area contributed by atoms with Gasteiger partial charge in [-0.2, -0.15) is 0 Å². The normalized spacial score (nSPS) is 17.5. The molecule has 0 saturated carbocycles. The maximum absolute atomic E-state index is 12.5. The Hall–Kier alpha value is -2.06. The lowest BCUT2D eigenvalue weighted by molar-refractivity contribution is -0.148. The van der Waals surface area contributed by atoms with Gasteiger partial charge in [-0.25, -0.2) is 4.79 Å². The molecule has 0 aliphatic carbocycles. The van der Waals surface area contributed by atoms with Gasteiger partial charge in [-0.3, -0.25) is 14.5 Å². The molecule has 0 radical (unpaired) electrons. The van der Waals surface area contributed by atoms with Gasteiger partial charge in [-0.1, -0.05) is 0 Å². The number of nitrogens with zero attached hydrogens (tertiary/aromatic N) is 2. The van der Waals surface area contributed by atoms with E-state index in [9.17, 15) is 14.4 Å². The highest BCUT2D eigenvalue weighted by Gasteiger charge is 2.41. The lowest BCUT2D eigenvalue weighted by atomic mass is 10.2. The number of rotatable bonds is 6. The lowest BCUT2D eigenvalue weighted by Gasteiger charge is -2.18. The third-order valence-electron chi connectivity index (χ3n) is 4.17. The van der Waals surface area contributed by atoms with Crippen molar-refractivity contribution in [3.05, 3.63) is 27.9 Å². The molecule has 25 heavy (non-hydrogen) atoms. The van der Waals surface area contributed by atoms with E-state index in [1.54, 1.807) is 13.2 Å². The van der Waals surface area contributed by atoms with Gasteiger partial charge in [0.05, 0.1) is 18.6 Å². The number of ether oxygens (including phenoxy) is 2. The number of amides is 2. The van der Waals surface area contributed by atoms with Gasteiger partial charge in [0, 0.05) is 25.0 Å². The number of aromatic nitrogens is 1. The minimum atomic E-state index is -0.947. The molecule has 1 fully saturated rings. The maximum Gasteiger partial charge on any atom is 0.328 e. The van der Waals surface area contributed by atoms with Gasteiger partial charge in [-0.15, -0.1) is 0 Å². The predicted molar refractivity (Wildman–Crippen MR) is 95.1 cm³/mol. The summed E-state index contributed by atoms with van der Waals surface area (Å²) in [6.07, 6.45) is 1.69. The Morgan fingerprint density at radius 1 is 1.32 bits per heavy atom. The van der Waals surface area contributed by atoms with Crippen LogP contribution < -0.4 is 0 Å². The monoisotopic (exact) mass is 366 g/mol. The zero-order valence-corrected chi connectivity index (χ0v) is 15.8. The Morgan fingerprint density at radius 3 is 2.60 bits per heavy atom. The van der Waals surface area contributed by atoms with Crippen molar-refractivity contribution in [3.8, 4) is 0 Å². The molecule has 7 nitrogen and oxygen atoms in total. The first-order chi connectivity index (χ1) is 11.8. The fraction of sp³-hybridized carbons (Fsp3) is 0.471. The van der Waals surface area contributed by atoms with E-state index in [0.29, 0.717) is 18.1 Å². The van der Waals surface area contributed by atoms with Crippen LogP contribution in [0.25, 0.3) is 6.08 Å². The maximum atomic E-state index is 12.5. The van der Waals surface area contributed by atoms with Crippen LogP contribution in [0.3, 0.4) is 0 Å². The van der Waals surface area contributed by atoms with Crippen molar-refractivity contribution in [2.45, 2.75) is 33.4 Å². The molecule has 2 amide bonds. The van der Waals surface area contributed by atoms with Crippen LogP contribution in [-0.4, -0.2) is 53.5 Å². The summed E-state index contributed by atoms with van der Waals surface area (Å²) in [5.74, 6) is -1.10. The predicted octanol–water partition coefficient (Wildman–Crippen LogP) is 2.35. The highest BCUT2D eigenvalue weighted by molar-refractivity contribution is 8.18. The van der Waals surface area contributed by atoms with Crippen molar-refractivity contribution < 1.29 is 23.9 Å². The number of thioether (sulfide) groups is 1. The summed E-state index contributed by atoms with van der Waals surface area (Å²) in [7, 11) is 2.87. The minimum Gasteiger partial charge on any atom is -0.467 e. The zero-order chi connectivity index (χ0) is 18.7. The largest absolute Gasteiger partial charge is 0.467 e. The molecule has 1 atom stereocenters. The Labute approximate surface area is 150 Å². The van der Waals surface area contributed by atoms with Crippen molar-refractivity contribution in [1.82, 2.24) is 9.47 Å². The van der Waals surface area contributed by atoms with Crippen molar-refractivity contribution in [3.63, 3.8) is 0 Å². The van der Waals surface area contributed by atoms with E-state index >= 15 is 0 Å². The summed E-state index contributed by atoms with van der Waals surface area (Å²) < 4.78 is 11.8. The zero-order valence-electron chi connectivity index (χ0n) is 15.0. The molecule has 136 valence electrons. The number of carbonyl (C=O) groups is 3. The Morgan fingerprint density at radius 2 is 2.00 bits per heavy atom. The van der Waals surface area contributed by atoms with Crippen LogP contribution in [0.1, 0.15) is 23.9 Å². The van der Waals surface area contributed by atoms with E-state index in [0.717, 1.165) is 33.6 Å². The van der Waals surface area contributed by atoms with E-state index < -0.39 is 23.2 Å². The summed E-state index contributed by atoms with van der Waals surface area (Å²) in [5.41, 5.74) is 2.90. The van der Waals surface area contributed by atoms with Gasteiger partial charge in [0.15, 0.2) is 0 Å². The second kappa shape index (κ2) is 7.88. The number of aryl methyl sites for hydroxylation is 1. The fourth-order valence-corrected chi connectivity index (χ4v) is 3.63. The molecule has 1 aliphatic heterocycles. The fourth-order valence-electron chi connectivity index (χ4n) is 2.73. The van der Waals surface area contributed by atoms with E-state index in [-0.39, 0.29) is 0 Å². The van der Waals surface area contributed by atoms with Gasteiger partial charge >= 0.3 is 5.97 Å². The van der Waals surface area contributed by atoms with Gasteiger partial charge < -0.3 is 14.0 Å². The molecular formula is C17H22N2O5S. The topological polar surface area (TPSA) is 77.8 Å². The molecule has 1 aromatic rings. The SMILES string of the molecule is COCCn1c(C)cc(/C=C2/SC(=O)N([C@@H](C)C(=O)OC)C2=O)c1C. The molecule has 0 bridgehead atoms. The molecular weight excluding hydrogens is 344 g/mol. The second-order valence-corrected chi connectivity index (χ2v) is 6.71. The van der Waals surface area contributed by atoms with Crippen LogP contribution in [0.15, 0.2) is 11.0 Å². The van der Waals surface area contributed by atoms with Crippen LogP contribution in [0.4, 0.5) is 4.79 Å². The van der Waals surface area contributed by atoms with Gasteiger partial charge in [0.25, 0.3) is 11.1 Å². The number of esters is 1. The van der Waals surface area contributed by atoms with Crippen LogP contribution in [0, 0.1) is 13.8 Å². The Kier molecular flexibility index (Phi) is 6.07. The first kappa shape index (κ1) is 19.3. The molecule has 2 rings (SSSR count). The van der Waals surface area contributed by atoms with Crippen molar-refractivity contribution in [1.29, 1.82) is 0 Å². The molecule has 1 aliphatic rings. The molecule has 0 spiro atoms. The van der Waals surface area contributed by atoms with Gasteiger partial charge in [0.2, 0.25) is 0 Å². The van der Waals surface area contributed by atoms with E-state index in [1.807, 2.05) is 19.9 Å². The summed E-state index contributed by atoms with van der Waals surface area (Å²) >= 11 is 0.831. The Balaban J connectivity index is 2.29. The van der Waals surface area contributed by atoms with E-state index in [2.05, 4.69) is 9.30 Å². The number of carbonyl (C=O) groups excluding carboxylic acids is 3. The first-order valence-electron chi connectivity index (χ1n) is 7.82. The number of hydrogen-bond acceptors (Lipinski definition) is 6. The molecule has 1 saturated heterocycles. The number of methoxy groups -OCH3 is 2. The number of hydrogen-bond donors (Lipinski definition) is 0. The molecule has 0 aromatic carbocycles. The first-order valence-corrected chi connectivity index (χ1v) is 8.64. The summed E-state index contributed by atoms with van der Waals surface area (Å²) in [5, 5.41) is -0.470. The summed E-state index contributed by atoms with van der Waals surface area (Å²) in [6.45, 7) is 6.70. The third kappa shape index (κ3) is 3.80. The quantitative estimate of drug-likeness (QED) is 0.568. The smallest absolute Gasteiger partial charge is 0.328 e. The standard InChI is InChI=1S/C17H22N2O5S/c1-10-8-13(11(2)18(10)6-7-23-4)9-14-15(20)19(17(22)25-14)12(3)16(21)24-5/h8-9,12H,6-7H2,1-5H3/b14-9+/t12-/m0/s1. The van der Waals surface area contributed by atoms with Gasteiger partial charge in [-0.05, 0) is 50.2 Å². The van der Waals surface area contributed by atoms with Gasteiger partial charge in [0.1, 0.15) is 6.04 Å².